The Morgan fingerprint density at radius 3 is 2.70 bits per heavy atom. The number of aliphatic hydroxyl groups excluding tert-OH is 1. The van der Waals surface area contributed by atoms with E-state index in [-0.39, 0.29) is 30.1 Å². The first-order valence-electron chi connectivity index (χ1n) is 8.38. The van der Waals surface area contributed by atoms with Gasteiger partial charge in [0.1, 0.15) is 5.76 Å². The molecule has 0 amide bonds. The lowest BCUT2D eigenvalue weighted by Gasteiger charge is -2.27. The minimum Gasteiger partial charge on any atom is -0.469 e. The number of hydrogen-bond donors (Lipinski definition) is 3. The number of aliphatic hydroxyl groups is 1. The van der Waals surface area contributed by atoms with E-state index in [1.165, 1.54) is 0 Å². The fourth-order valence-electron chi connectivity index (χ4n) is 2.60. The first kappa shape index (κ1) is 20.3. The Bertz CT molecular complexity index is 441. The van der Waals surface area contributed by atoms with Gasteiger partial charge >= 0.3 is 0 Å². The number of aliphatic imine (C=N–C) groups is 1. The van der Waals surface area contributed by atoms with E-state index in [4.69, 9.17) is 4.42 Å². The third-order valence-corrected chi connectivity index (χ3v) is 3.90. The molecule has 0 spiro atoms. The zero-order valence-corrected chi connectivity index (χ0v) is 16.5. The zero-order chi connectivity index (χ0) is 15.8. The SMILES string of the molecule is CC(C)CN=C(NCCc1ccco1)NC1CCC(O)CC1.I. The zero-order valence-electron chi connectivity index (χ0n) is 14.1. The Kier molecular flexibility index (Phi) is 9.62. The highest BCUT2D eigenvalue weighted by atomic mass is 127. The maximum atomic E-state index is 9.60. The lowest BCUT2D eigenvalue weighted by molar-refractivity contribution is 0.120. The van der Waals surface area contributed by atoms with Gasteiger partial charge in [-0.3, -0.25) is 4.99 Å². The van der Waals surface area contributed by atoms with E-state index in [1.807, 2.05) is 12.1 Å². The molecule has 1 fully saturated rings. The molecule has 1 aromatic rings. The molecule has 1 saturated carbocycles. The second kappa shape index (κ2) is 10.9. The molecule has 0 unspecified atom stereocenters. The summed E-state index contributed by atoms with van der Waals surface area (Å²) in [5.41, 5.74) is 0. The quantitative estimate of drug-likeness (QED) is 0.365. The van der Waals surface area contributed by atoms with Gasteiger partial charge < -0.3 is 20.2 Å². The predicted molar refractivity (Wildman–Crippen MR) is 104 cm³/mol. The topological polar surface area (TPSA) is 69.8 Å². The van der Waals surface area contributed by atoms with Crippen LogP contribution in [0.25, 0.3) is 0 Å². The Morgan fingerprint density at radius 2 is 2.09 bits per heavy atom. The van der Waals surface area contributed by atoms with Gasteiger partial charge in [0.2, 0.25) is 0 Å². The van der Waals surface area contributed by atoms with Crippen LogP contribution in [0.15, 0.2) is 27.8 Å². The molecule has 1 aromatic heterocycles. The average Bonchev–Trinajstić information content (AvgIpc) is 3.00. The largest absolute Gasteiger partial charge is 0.469 e. The van der Waals surface area contributed by atoms with Gasteiger partial charge in [-0.05, 0) is 43.7 Å². The number of nitrogens with zero attached hydrogens (tertiary/aromatic N) is 1. The summed E-state index contributed by atoms with van der Waals surface area (Å²) in [6.07, 6.45) is 6.18. The molecule has 1 aliphatic rings. The molecule has 0 bridgehead atoms. The highest BCUT2D eigenvalue weighted by Crippen LogP contribution is 2.18. The molecule has 0 aromatic carbocycles. The molecular formula is C17H30IN3O2. The van der Waals surface area contributed by atoms with Crippen LogP contribution in [0.1, 0.15) is 45.3 Å². The van der Waals surface area contributed by atoms with Gasteiger partial charge in [-0.2, -0.15) is 0 Å². The normalized spacial score (nSPS) is 21.8. The summed E-state index contributed by atoms with van der Waals surface area (Å²) in [7, 11) is 0. The van der Waals surface area contributed by atoms with Gasteiger partial charge in [0.05, 0.1) is 12.4 Å². The first-order chi connectivity index (χ1) is 10.6. The fraction of sp³-hybridized carbons (Fsp3) is 0.706. The van der Waals surface area contributed by atoms with Crippen LogP contribution in [0.2, 0.25) is 0 Å². The summed E-state index contributed by atoms with van der Waals surface area (Å²) in [6.45, 7) is 5.94. The minimum atomic E-state index is -0.124. The summed E-state index contributed by atoms with van der Waals surface area (Å²) in [6, 6.07) is 4.31. The molecule has 132 valence electrons. The van der Waals surface area contributed by atoms with E-state index in [2.05, 4.69) is 29.5 Å². The van der Waals surface area contributed by atoms with Crippen molar-refractivity contribution in [1.29, 1.82) is 0 Å². The highest BCUT2D eigenvalue weighted by Gasteiger charge is 2.20. The second-order valence-corrected chi connectivity index (χ2v) is 6.49. The number of halogens is 1. The van der Waals surface area contributed by atoms with Crippen molar-refractivity contribution in [2.24, 2.45) is 10.9 Å². The van der Waals surface area contributed by atoms with Crippen molar-refractivity contribution in [1.82, 2.24) is 10.6 Å². The van der Waals surface area contributed by atoms with Gasteiger partial charge in [-0.25, -0.2) is 0 Å². The molecule has 5 nitrogen and oxygen atoms in total. The van der Waals surface area contributed by atoms with Crippen LogP contribution in [0.4, 0.5) is 0 Å². The molecule has 3 N–H and O–H groups in total. The average molecular weight is 435 g/mol. The highest BCUT2D eigenvalue weighted by molar-refractivity contribution is 14.0. The van der Waals surface area contributed by atoms with E-state index < -0.39 is 0 Å². The predicted octanol–water partition coefficient (Wildman–Crippen LogP) is 2.93. The van der Waals surface area contributed by atoms with Crippen molar-refractivity contribution in [3.05, 3.63) is 24.2 Å². The summed E-state index contributed by atoms with van der Waals surface area (Å²) < 4.78 is 5.35. The van der Waals surface area contributed by atoms with Crippen molar-refractivity contribution in [3.63, 3.8) is 0 Å². The summed E-state index contributed by atoms with van der Waals surface area (Å²) >= 11 is 0. The van der Waals surface area contributed by atoms with Gasteiger partial charge in [0.25, 0.3) is 0 Å². The molecule has 1 aliphatic carbocycles. The van der Waals surface area contributed by atoms with Crippen molar-refractivity contribution in [2.75, 3.05) is 13.1 Å². The number of rotatable bonds is 6. The van der Waals surface area contributed by atoms with E-state index in [0.29, 0.717) is 12.0 Å². The Balaban J connectivity index is 0.00000264. The van der Waals surface area contributed by atoms with Crippen molar-refractivity contribution in [3.8, 4) is 0 Å². The molecule has 6 heteroatoms. The Labute approximate surface area is 156 Å². The van der Waals surface area contributed by atoms with Gasteiger partial charge in [0, 0.05) is 25.6 Å². The molecular weight excluding hydrogens is 405 g/mol. The molecule has 0 radical (unpaired) electrons. The van der Waals surface area contributed by atoms with E-state index in [9.17, 15) is 5.11 Å². The number of furan rings is 1. The summed E-state index contributed by atoms with van der Waals surface area (Å²) in [5, 5.41) is 16.5. The lowest BCUT2D eigenvalue weighted by atomic mass is 9.93. The van der Waals surface area contributed by atoms with Crippen LogP contribution in [0.5, 0.6) is 0 Å². The second-order valence-electron chi connectivity index (χ2n) is 6.49. The van der Waals surface area contributed by atoms with Crippen molar-refractivity contribution in [2.45, 2.75) is 58.1 Å². The van der Waals surface area contributed by atoms with Crippen LogP contribution < -0.4 is 10.6 Å². The van der Waals surface area contributed by atoms with Crippen LogP contribution in [-0.2, 0) is 6.42 Å². The number of guanidine groups is 1. The summed E-state index contributed by atoms with van der Waals surface area (Å²) in [5.74, 6) is 2.40. The Hall–Kier alpha value is -0.760. The smallest absolute Gasteiger partial charge is 0.191 e. The van der Waals surface area contributed by atoms with E-state index in [0.717, 1.165) is 56.9 Å². The molecule has 23 heavy (non-hydrogen) atoms. The molecule has 1 heterocycles. The summed E-state index contributed by atoms with van der Waals surface area (Å²) in [4.78, 5) is 4.66. The molecule has 0 aliphatic heterocycles. The van der Waals surface area contributed by atoms with Crippen LogP contribution in [0.3, 0.4) is 0 Å². The van der Waals surface area contributed by atoms with Crippen LogP contribution >= 0.6 is 24.0 Å². The standard InChI is InChI=1S/C17H29N3O2.HI/c1-13(2)12-19-17(18-10-9-16-4-3-11-22-16)20-14-5-7-15(21)8-6-14;/h3-4,11,13-15,21H,5-10,12H2,1-2H3,(H2,18,19,20);1H. The van der Waals surface area contributed by atoms with Crippen LogP contribution in [0, 0.1) is 5.92 Å². The number of hydrogen-bond acceptors (Lipinski definition) is 3. The maximum absolute atomic E-state index is 9.60. The first-order valence-corrected chi connectivity index (χ1v) is 8.38. The van der Waals surface area contributed by atoms with Crippen LogP contribution in [-0.4, -0.2) is 36.3 Å². The lowest BCUT2D eigenvalue weighted by Crippen LogP contribution is -2.46. The van der Waals surface area contributed by atoms with Crippen molar-refractivity contribution < 1.29 is 9.52 Å². The third-order valence-electron chi connectivity index (χ3n) is 3.90. The van der Waals surface area contributed by atoms with Gasteiger partial charge in [-0.1, -0.05) is 13.8 Å². The van der Waals surface area contributed by atoms with Crippen molar-refractivity contribution >= 4 is 29.9 Å². The molecule has 2 rings (SSSR count). The fourth-order valence-corrected chi connectivity index (χ4v) is 2.60. The minimum absolute atomic E-state index is 0. The number of nitrogens with one attached hydrogen (secondary N) is 2. The van der Waals surface area contributed by atoms with E-state index >= 15 is 0 Å². The monoisotopic (exact) mass is 435 g/mol. The third kappa shape index (κ3) is 8.06. The molecule has 0 atom stereocenters. The molecule has 0 saturated heterocycles. The maximum Gasteiger partial charge on any atom is 0.191 e. The van der Waals surface area contributed by atoms with Gasteiger partial charge in [0.15, 0.2) is 5.96 Å². The Morgan fingerprint density at radius 1 is 1.35 bits per heavy atom. The van der Waals surface area contributed by atoms with E-state index in [1.54, 1.807) is 6.26 Å². The van der Waals surface area contributed by atoms with Gasteiger partial charge in [-0.15, -0.1) is 24.0 Å².